The maximum Gasteiger partial charge on any atom is 0.240 e. The van der Waals surface area contributed by atoms with Gasteiger partial charge in [-0.3, -0.25) is 0 Å². The van der Waals surface area contributed by atoms with Gasteiger partial charge in [-0.15, -0.1) is 0 Å². The average Bonchev–Trinajstić information content (AvgIpc) is 2.50. The van der Waals surface area contributed by atoms with E-state index in [1.165, 1.54) is 12.8 Å². The third-order valence-electron chi connectivity index (χ3n) is 3.76. The van der Waals surface area contributed by atoms with Gasteiger partial charge in [-0.05, 0) is 79.3 Å². The Kier molecular flexibility index (Phi) is 6.67. The minimum atomic E-state index is -3.47. The molecular formula is C15H23BrN2O3S. The van der Waals surface area contributed by atoms with Crippen LogP contribution in [-0.4, -0.2) is 34.7 Å². The average molecular weight is 391 g/mol. The second kappa shape index (κ2) is 8.29. The lowest BCUT2D eigenvalue weighted by Gasteiger charge is -2.22. The number of benzene rings is 1. The molecule has 2 rings (SSSR count). The van der Waals surface area contributed by atoms with Crippen molar-refractivity contribution in [1.29, 1.82) is 0 Å². The normalized spacial score (nSPS) is 19.1. The molecule has 1 aliphatic heterocycles. The monoisotopic (exact) mass is 390 g/mol. The number of halogens is 1. The van der Waals surface area contributed by atoms with Crippen molar-refractivity contribution >= 4 is 26.0 Å². The highest BCUT2D eigenvalue weighted by atomic mass is 79.9. The van der Waals surface area contributed by atoms with E-state index in [1.807, 2.05) is 6.92 Å². The van der Waals surface area contributed by atoms with Gasteiger partial charge >= 0.3 is 0 Å². The number of ether oxygens (including phenoxy) is 1. The summed E-state index contributed by atoms with van der Waals surface area (Å²) in [5.74, 6) is 1.21. The van der Waals surface area contributed by atoms with Crippen LogP contribution in [0.2, 0.25) is 0 Å². The molecule has 0 amide bonds. The van der Waals surface area contributed by atoms with Gasteiger partial charge in [-0.1, -0.05) is 0 Å². The van der Waals surface area contributed by atoms with Crippen LogP contribution in [0.4, 0.5) is 0 Å². The van der Waals surface area contributed by atoms with E-state index in [2.05, 4.69) is 26.0 Å². The molecule has 1 fully saturated rings. The van der Waals surface area contributed by atoms with Crippen molar-refractivity contribution in [3.05, 3.63) is 22.7 Å². The van der Waals surface area contributed by atoms with Crippen molar-refractivity contribution in [3.8, 4) is 5.75 Å². The first kappa shape index (κ1) is 17.7. The van der Waals surface area contributed by atoms with Crippen LogP contribution in [0.15, 0.2) is 27.6 Å². The van der Waals surface area contributed by atoms with Crippen LogP contribution in [0.25, 0.3) is 0 Å². The third kappa shape index (κ3) is 4.94. The fourth-order valence-corrected chi connectivity index (χ4v) is 4.29. The van der Waals surface area contributed by atoms with Gasteiger partial charge in [0.05, 0.1) is 16.0 Å². The molecule has 1 atom stereocenters. The molecule has 0 aliphatic carbocycles. The van der Waals surface area contributed by atoms with Gasteiger partial charge in [0.15, 0.2) is 0 Å². The van der Waals surface area contributed by atoms with Crippen LogP contribution in [0.1, 0.15) is 26.2 Å². The number of hydrogen-bond acceptors (Lipinski definition) is 4. The highest BCUT2D eigenvalue weighted by Crippen LogP contribution is 2.27. The van der Waals surface area contributed by atoms with E-state index in [0.29, 0.717) is 29.3 Å². The van der Waals surface area contributed by atoms with E-state index < -0.39 is 10.0 Å². The van der Waals surface area contributed by atoms with Crippen LogP contribution >= 0.6 is 15.9 Å². The minimum absolute atomic E-state index is 0.254. The molecule has 5 nitrogen and oxygen atoms in total. The summed E-state index contributed by atoms with van der Waals surface area (Å²) in [4.78, 5) is 0.254. The van der Waals surface area contributed by atoms with Crippen LogP contribution < -0.4 is 14.8 Å². The number of nitrogens with one attached hydrogen (secondary N) is 2. The van der Waals surface area contributed by atoms with Crippen LogP contribution in [-0.2, 0) is 10.0 Å². The molecule has 0 radical (unpaired) electrons. The predicted octanol–water partition coefficient (Wildman–Crippen LogP) is 2.52. The molecule has 1 aromatic rings. The lowest BCUT2D eigenvalue weighted by molar-refractivity contribution is 0.338. The summed E-state index contributed by atoms with van der Waals surface area (Å²) in [6, 6.07) is 4.82. The highest BCUT2D eigenvalue weighted by molar-refractivity contribution is 9.10. The number of sulfonamides is 1. The summed E-state index contributed by atoms with van der Waals surface area (Å²) in [6.07, 6.45) is 3.21. The van der Waals surface area contributed by atoms with Crippen molar-refractivity contribution in [3.63, 3.8) is 0 Å². The molecule has 0 saturated carbocycles. The van der Waals surface area contributed by atoms with Gasteiger partial charge in [0, 0.05) is 6.54 Å². The summed E-state index contributed by atoms with van der Waals surface area (Å²) >= 11 is 3.35. The fraction of sp³-hybridized carbons (Fsp3) is 0.600. The topological polar surface area (TPSA) is 67.4 Å². The van der Waals surface area contributed by atoms with Crippen LogP contribution in [0, 0.1) is 5.92 Å². The first-order valence-corrected chi connectivity index (χ1v) is 9.93. The molecule has 2 N–H and O–H groups in total. The molecule has 1 aromatic carbocycles. The highest BCUT2D eigenvalue weighted by Gasteiger charge is 2.17. The van der Waals surface area contributed by atoms with E-state index >= 15 is 0 Å². The second-order valence-corrected chi connectivity index (χ2v) is 8.05. The smallest absolute Gasteiger partial charge is 0.240 e. The number of rotatable bonds is 7. The first-order valence-electron chi connectivity index (χ1n) is 7.65. The Morgan fingerprint density at radius 3 is 2.91 bits per heavy atom. The summed E-state index contributed by atoms with van der Waals surface area (Å²) < 4.78 is 33.3. The molecule has 22 heavy (non-hydrogen) atoms. The summed E-state index contributed by atoms with van der Waals surface area (Å²) in [7, 11) is -3.47. The van der Waals surface area contributed by atoms with E-state index in [-0.39, 0.29) is 4.90 Å². The zero-order chi connectivity index (χ0) is 16.0. The first-order chi connectivity index (χ1) is 10.5. The summed E-state index contributed by atoms with van der Waals surface area (Å²) in [5.41, 5.74) is 0. The zero-order valence-corrected chi connectivity index (χ0v) is 15.2. The number of piperidine rings is 1. The second-order valence-electron chi connectivity index (χ2n) is 5.42. The maximum absolute atomic E-state index is 12.3. The van der Waals surface area contributed by atoms with Crippen molar-refractivity contribution in [1.82, 2.24) is 10.0 Å². The molecule has 1 unspecified atom stereocenters. The molecule has 0 bridgehead atoms. The van der Waals surface area contributed by atoms with Gasteiger partial charge < -0.3 is 10.1 Å². The standard InChI is InChI=1S/C15H23BrN2O3S/c1-2-21-15-6-5-13(10-14(15)16)22(19,20)18-9-7-12-4-3-8-17-11-12/h5-6,10,12,17-18H,2-4,7-9,11H2,1H3. The summed E-state index contributed by atoms with van der Waals surface area (Å²) in [5, 5.41) is 3.34. The SMILES string of the molecule is CCOc1ccc(S(=O)(=O)NCCC2CCCNC2)cc1Br. The van der Waals surface area contributed by atoms with E-state index in [1.54, 1.807) is 18.2 Å². The van der Waals surface area contributed by atoms with Crippen LogP contribution in [0.5, 0.6) is 5.75 Å². The van der Waals surface area contributed by atoms with Gasteiger partial charge in [-0.2, -0.15) is 0 Å². The molecule has 124 valence electrons. The van der Waals surface area contributed by atoms with Gasteiger partial charge in [0.25, 0.3) is 0 Å². The van der Waals surface area contributed by atoms with Crippen LogP contribution in [0.3, 0.4) is 0 Å². The zero-order valence-electron chi connectivity index (χ0n) is 12.8. The Morgan fingerprint density at radius 1 is 1.45 bits per heavy atom. The van der Waals surface area contributed by atoms with E-state index in [4.69, 9.17) is 4.74 Å². The maximum atomic E-state index is 12.3. The van der Waals surface area contributed by atoms with Crippen molar-refractivity contribution < 1.29 is 13.2 Å². The molecule has 1 saturated heterocycles. The van der Waals surface area contributed by atoms with E-state index in [9.17, 15) is 8.42 Å². The molecular weight excluding hydrogens is 368 g/mol. The van der Waals surface area contributed by atoms with Gasteiger partial charge in [-0.25, -0.2) is 13.1 Å². The lowest BCUT2D eigenvalue weighted by atomic mass is 9.96. The Balaban J connectivity index is 1.93. The fourth-order valence-electron chi connectivity index (χ4n) is 2.57. The quantitative estimate of drug-likeness (QED) is 0.750. The van der Waals surface area contributed by atoms with Gasteiger partial charge in [0.2, 0.25) is 10.0 Å². The van der Waals surface area contributed by atoms with Crippen molar-refractivity contribution in [2.45, 2.75) is 31.1 Å². The minimum Gasteiger partial charge on any atom is -0.493 e. The predicted molar refractivity (Wildman–Crippen MR) is 90.7 cm³/mol. The number of hydrogen-bond donors (Lipinski definition) is 2. The Bertz CT molecular complexity index is 586. The summed E-state index contributed by atoms with van der Waals surface area (Å²) in [6.45, 7) is 4.95. The molecule has 7 heteroatoms. The molecule has 0 aromatic heterocycles. The van der Waals surface area contributed by atoms with E-state index in [0.717, 1.165) is 19.5 Å². The molecule has 0 spiro atoms. The Morgan fingerprint density at radius 2 is 2.27 bits per heavy atom. The van der Waals surface area contributed by atoms with Gasteiger partial charge in [0.1, 0.15) is 5.75 Å². The third-order valence-corrected chi connectivity index (χ3v) is 5.84. The molecule has 1 heterocycles. The lowest BCUT2D eigenvalue weighted by Crippen LogP contribution is -2.33. The van der Waals surface area contributed by atoms with Crippen molar-refractivity contribution in [2.24, 2.45) is 5.92 Å². The van der Waals surface area contributed by atoms with Crippen molar-refractivity contribution in [2.75, 3.05) is 26.2 Å². The largest absolute Gasteiger partial charge is 0.493 e. The Labute approximate surface area is 141 Å². The Hall–Kier alpha value is -0.630. The molecule has 1 aliphatic rings.